The summed E-state index contributed by atoms with van der Waals surface area (Å²) in [6, 6.07) is -2.41. The molecule has 0 aromatic heterocycles. The average Bonchev–Trinajstić information content (AvgIpc) is 2.66. The first-order valence-corrected chi connectivity index (χ1v) is 6.78. The Labute approximate surface area is 125 Å². The maximum atomic E-state index is 13.1. The monoisotopic (exact) mass is 322 g/mol. The number of likely N-dealkylation sites (N-methyl/N-ethyl adjacent to an activating group) is 1. The van der Waals surface area contributed by atoms with Crippen LogP contribution < -0.4 is 0 Å². The highest BCUT2D eigenvalue weighted by Gasteiger charge is 2.55. The molecule has 1 amide bonds. The molecule has 2 heterocycles. The van der Waals surface area contributed by atoms with Crippen molar-refractivity contribution >= 4 is 11.9 Å². The molecule has 0 spiro atoms. The number of likely N-dealkylation sites (tertiary alicyclic amines) is 1. The Kier molecular flexibility index (Phi) is 4.22. The first-order chi connectivity index (χ1) is 10.1. The third-order valence-corrected chi connectivity index (χ3v) is 4.06. The van der Waals surface area contributed by atoms with Gasteiger partial charge in [-0.2, -0.15) is 13.2 Å². The van der Waals surface area contributed by atoms with Gasteiger partial charge in [-0.15, -0.1) is 0 Å². The van der Waals surface area contributed by atoms with Gasteiger partial charge in [0, 0.05) is 37.7 Å². The predicted molar refractivity (Wildman–Crippen MR) is 68.5 cm³/mol. The molecule has 0 aliphatic carbocycles. The van der Waals surface area contributed by atoms with E-state index < -0.39 is 29.8 Å². The van der Waals surface area contributed by atoms with E-state index in [1.807, 2.05) is 0 Å². The van der Waals surface area contributed by atoms with Crippen LogP contribution in [-0.2, 0) is 14.3 Å². The van der Waals surface area contributed by atoms with Crippen LogP contribution in [0.3, 0.4) is 0 Å². The maximum absolute atomic E-state index is 13.1. The number of methoxy groups -OCH3 is 1. The summed E-state index contributed by atoms with van der Waals surface area (Å²) >= 11 is 0. The minimum absolute atomic E-state index is 0.0953. The van der Waals surface area contributed by atoms with Crippen molar-refractivity contribution < 1.29 is 32.6 Å². The predicted octanol–water partition coefficient (Wildman–Crippen LogP) is 0.273. The summed E-state index contributed by atoms with van der Waals surface area (Å²) in [5, 5.41) is 10.6. The standard InChI is InChI=1S/C13H17F3N2O4/c1-3-18-9(19)6-8-7-17(5-4-12(8,18)21)10(11(20)22-2)13(14,15)16/h6,10,21H,3-5,7H2,1-2H3. The summed E-state index contributed by atoms with van der Waals surface area (Å²) in [5.74, 6) is -1.85. The van der Waals surface area contributed by atoms with Gasteiger partial charge in [0.05, 0.1) is 7.11 Å². The van der Waals surface area contributed by atoms with E-state index in [4.69, 9.17) is 0 Å². The number of hydrogen-bond donors (Lipinski definition) is 1. The van der Waals surface area contributed by atoms with Gasteiger partial charge >= 0.3 is 12.1 Å². The van der Waals surface area contributed by atoms with Gasteiger partial charge < -0.3 is 14.7 Å². The number of hydrogen-bond acceptors (Lipinski definition) is 5. The minimum Gasteiger partial charge on any atom is -0.468 e. The molecule has 0 saturated carbocycles. The Morgan fingerprint density at radius 3 is 2.68 bits per heavy atom. The Hall–Kier alpha value is -1.61. The summed E-state index contributed by atoms with van der Waals surface area (Å²) in [4.78, 5) is 25.4. The molecule has 9 heteroatoms. The van der Waals surface area contributed by atoms with Crippen LogP contribution in [0.4, 0.5) is 13.2 Å². The highest BCUT2D eigenvalue weighted by molar-refractivity contribution is 5.92. The number of fused-ring (bicyclic) bond motifs is 1. The van der Waals surface area contributed by atoms with E-state index in [0.29, 0.717) is 0 Å². The zero-order chi connectivity index (χ0) is 16.7. The molecule has 2 aliphatic heterocycles. The molecule has 124 valence electrons. The number of esters is 1. The number of halogens is 3. The van der Waals surface area contributed by atoms with Crippen molar-refractivity contribution in [3.05, 3.63) is 11.6 Å². The number of piperidine rings is 1. The normalized spacial score (nSPS) is 27.5. The third-order valence-electron chi connectivity index (χ3n) is 4.06. The maximum Gasteiger partial charge on any atom is 0.414 e. The lowest BCUT2D eigenvalue weighted by molar-refractivity contribution is -0.206. The third kappa shape index (κ3) is 2.58. The molecule has 2 rings (SSSR count). The number of rotatable bonds is 3. The first kappa shape index (κ1) is 16.8. The highest BCUT2D eigenvalue weighted by atomic mass is 19.4. The fraction of sp³-hybridized carbons (Fsp3) is 0.692. The van der Waals surface area contributed by atoms with Crippen LogP contribution in [0.5, 0.6) is 0 Å². The number of ether oxygens (including phenoxy) is 1. The minimum atomic E-state index is -4.80. The van der Waals surface area contributed by atoms with Gasteiger partial charge in [0.15, 0.2) is 5.72 Å². The molecule has 1 saturated heterocycles. The van der Waals surface area contributed by atoms with Crippen LogP contribution >= 0.6 is 0 Å². The SMILES string of the molecule is CCN1C(=O)C=C2CN(C(C(=O)OC)C(F)(F)F)CCC21O. The number of amides is 1. The van der Waals surface area contributed by atoms with Gasteiger partial charge in [0.2, 0.25) is 11.9 Å². The second-order valence-electron chi connectivity index (χ2n) is 5.26. The van der Waals surface area contributed by atoms with E-state index >= 15 is 0 Å². The van der Waals surface area contributed by atoms with E-state index in [9.17, 15) is 27.9 Å². The lowest BCUT2D eigenvalue weighted by Gasteiger charge is -2.44. The number of carbonyl (C=O) groups is 2. The Morgan fingerprint density at radius 1 is 1.55 bits per heavy atom. The first-order valence-electron chi connectivity index (χ1n) is 6.78. The lowest BCUT2D eigenvalue weighted by atomic mass is 9.94. The number of aliphatic hydroxyl groups is 1. The van der Waals surface area contributed by atoms with E-state index in [0.717, 1.165) is 18.1 Å². The number of nitrogens with zero attached hydrogens (tertiary/aromatic N) is 2. The quantitative estimate of drug-likeness (QED) is 0.756. The fourth-order valence-electron chi connectivity index (χ4n) is 3.00. The Morgan fingerprint density at radius 2 is 2.18 bits per heavy atom. The molecule has 2 unspecified atom stereocenters. The van der Waals surface area contributed by atoms with Crippen LogP contribution in [0, 0.1) is 0 Å². The van der Waals surface area contributed by atoms with Crippen LogP contribution in [-0.4, -0.2) is 71.5 Å². The summed E-state index contributed by atoms with van der Waals surface area (Å²) in [6.45, 7) is 1.41. The van der Waals surface area contributed by atoms with Crippen molar-refractivity contribution in [2.24, 2.45) is 0 Å². The molecular formula is C13H17F3N2O4. The van der Waals surface area contributed by atoms with E-state index in [-0.39, 0.29) is 31.6 Å². The van der Waals surface area contributed by atoms with Crippen molar-refractivity contribution in [3.63, 3.8) is 0 Å². The molecule has 0 radical (unpaired) electrons. The van der Waals surface area contributed by atoms with E-state index in [1.165, 1.54) is 4.90 Å². The molecule has 0 aromatic carbocycles. The van der Waals surface area contributed by atoms with Crippen LogP contribution in [0.25, 0.3) is 0 Å². The van der Waals surface area contributed by atoms with Gasteiger partial charge in [0.25, 0.3) is 0 Å². The zero-order valence-corrected chi connectivity index (χ0v) is 12.2. The van der Waals surface area contributed by atoms with Crippen LogP contribution in [0.2, 0.25) is 0 Å². The Bertz CT molecular complexity index is 520. The molecule has 2 atom stereocenters. The smallest absolute Gasteiger partial charge is 0.414 e. The van der Waals surface area contributed by atoms with Gasteiger partial charge in [0.1, 0.15) is 0 Å². The van der Waals surface area contributed by atoms with Gasteiger partial charge in [-0.3, -0.25) is 9.69 Å². The molecule has 0 aromatic rings. The second kappa shape index (κ2) is 5.54. The lowest BCUT2D eigenvalue weighted by Crippen LogP contribution is -2.60. The van der Waals surface area contributed by atoms with Gasteiger partial charge in [-0.1, -0.05) is 0 Å². The van der Waals surface area contributed by atoms with Crippen LogP contribution in [0.15, 0.2) is 11.6 Å². The van der Waals surface area contributed by atoms with E-state index in [2.05, 4.69) is 4.74 Å². The largest absolute Gasteiger partial charge is 0.468 e. The van der Waals surface area contributed by atoms with Gasteiger partial charge in [-0.05, 0) is 6.92 Å². The molecule has 2 aliphatic rings. The van der Waals surface area contributed by atoms with Crippen LogP contribution in [0.1, 0.15) is 13.3 Å². The Balaban J connectivity index is 2.27. The van der Waals surface area contributed by atoms with E-state index in [1.54, 1.807) is 6.92 Å². The van der Waals surface area contributed by atoms with Crippen molar-refractivity contribution in [2.45, 2.75) is 31.3 Å². The fourth-order valence-corrected chi connectivity index (χ4v) is 3.00. The highest BCUT2D eigenvalue weighted by Crippen LogP contribution is 2.38. The molecule has 6 nitrogen and oxygen atoms in total. The van der Waals surface area contributed by atoms with Crippen molar-refractivity contribution in [1.82, 2.24) is 9.80 Å². The summed E-state index contributed by atoms with van der Waals surface area (Å²) in [7, 11) is 0.887. The molecular weight excluding hydrogens is 305 g/mol. The zero-order valence-electron chi connectivity index (χ0n) is 12.2. The number of alkyl halides is 3. The second-order valence-corrected chi connectivity index (χ2v) is 5.26. The molecule has 22 heavy (non-hydrogen) atoms. The van der Waals surface area contributed by atoms with Crippen molar-refractivity contribution in [3.8, 4) is 0 Å². The molecule has 0 bridgehead atoms. The summed E-state index contributed by atoms with van der Waals surface area (Å²) in [6.07, 6.45) is -3.75. The number of carbonyl (C=O) groups excluding carboxylic acids is 2. The molecule has 1 N–H and O–H groups in total. The molecule has 1 fully saturated rings. The topological polar surface area (TPSA) is 70.1 Å². The average molecular weight is 322 g/mol. The van der Waals surface area contributed by atoms with Crippen molar-refractivity contribution in [2.75, 3.05) is 26.7 Å². The summed E-state index contributed by atoms with van der Waals surface area (Å²) in [5.41, 5.74) is -1.39. The summed E-state index contributed by atoms with van der Waals surface area (Å²) < 4.78 is 43.5. The van der Waals surface area contributed by atoms with Gasteiger partial charge in [-0.25, -0.2) is 4.79 Å². The van der Waals surface area contributed by atoms with Crippen molar-refractivity contribution in [1.29, 1.82) is 0 Å².